The van der Waals surface area contributed by atoms with Crippen molar-refractivity contribution in [1.29, 1.82) is 0 Å². The number of H-pyrrole nitrogens is 1. The summed E-state index contributed by atoms with van der Waals surface area (Å²) in [7, 11) is -4.75. The van der Waals surface area contributed by atoms with Crippen LogP contribution in [0.15, 0.2) is 12.5 Å². The van der Waals surface area contributed by atoms with Crippen LogP contribution < -0.4 is 11.1 Å². The van der Waals surface area contributed by atoms with Crippen LogP contribution in [0.1, 0.15) is 5.69 Å². The fourth-order valence-electron chi connectivity index (χ4n) is 1.34. The summed E-state index contributed by atoms with van der Waals surface area (Å²) in [5, 5.41) is 11.2. The number of aromatic amines is 1. The van der Waals surface area contributed by atoms with Crippen LogP contribution in [0, 0.1) is 0 Å². The number of carboxylic acid groups (broad SMARTS) is 1. The van der Waals surface area contributed by atoms with Gasteiger partial charge >= 0.3 is 13.8 Å². The van der Waals surface area contributed by atoms with Crippen molar-refractivity contribution in [3.05, 3.63) is 18.2 Å². The minimum Gasteiger partial charge on any atom is -0.480 e. The molecule has 7 N–H and O–H groups in total. The van der Waals surface area contributed by atoms with E-state index < -0.39 is 38.4 Å². The minimum absolute atomic E-state index is 0.0728. The molecule has 2 atom stereocenters. The molecule has 2 unspecified atom stereocenters. The molecule has 11 nitrogen and oxygen atoms in total. The molecule has 21 heavy (non-hydrogen) atoms. The molecule has 1 aromatic heterocycles. The lowest BCUT2D eigenvalue weighted by Gasteiger charge is -2.17. The van der Waals surface area contributed by atoms with E-state index in [9.17, 15) is 14.2 Å². The first-order valence-corrected chi connectivity index (χ1v) is 7.18. The number of nitrogens with one attached hydrogen (secondary N) is 2. The molecular formula is C9H15N4O7P. The Morgan fingerprint density at radius 2 is 2.19 bits per heavy atom. The number of hydrogen-bond donors (Lipinski definition) is 6. The monoisotopic (exact) mass is 322 g/mol. The van der Waals surface area contributed by atoms with Gasteiger partial charge in [0.05, 0.1) is 18.6 Å². The summed E-state index contributed by atoms with van der Waals surface area (Å²) in [6.07, 6.45) is 2.76. The van der Waals surface area contributed by atoms with Gasteiger partial charge in [-0.1, -0.05) is 0 Å². The van der Waals surface area contributed by atoms with E-state index in [0.717, 1.165) is 0 Å². The zero-order valence-corrected chi connectivity index (χ0v) is 11.6. The molecule has 0 saturated heterocycles. The van der Waals surface area contributed by atoms with Gasteiger partial charge in [-0.15, -0.1) is 0 Å². The number of nitrogens with zero attached hydrogens (tertiary/aromatic N) is 1. The molecular weight excluding hydrogens is 307 g/mol. The van der Waals surface area contributed by atoms with E-state index in [1.165, 1.54) is 12.5 Å². The molecule has 1 amide bonds. The molecule has 0 saturated carbocycles. The molecule has 0 fully saturated rings. The number of carbonyl (C=O) groups excluding carboxylic acids is 1. The second-order valence-corrected chi connectivity index (χ2v) is 5.30. The summed E-state index contributed by atoms with van der Waals surface area (Å²) in [6, 6.07) is -2.69. The van der Waals surface area contributed by atoms with Gasteiger partial charge in [0.25, 0.3) is 0 Å². The van der Waals surface area contributed by atoms with Crippen molar-refractivity contribution < 1.29 is 33.6 Å². The smallest absolute Gasteiger partial charge is 0.469 e. The molecule has 0 aliphatic heterocycles. The van der Waals surface area contributed by atoms with Crippen LogP contribution in [0.3, 0.4) is 0 Å². The maximum atomic E-state index is 11.6. The average molecular weight is 322 g/mol. The molecule has 118 valence electrons. The standard InChI is InChI=1S/C9H15N4O7P/c10-6(3-20-21(17,18)19)8(14)13-7(9(15)16)1-5-2-11-4-12-5/h2,4,6-7H,1,3,10H2,(H,11,12)(H,13,14)(H,15,16)(H2,17,18,19). The number of hydrogen-bond acceptors (Lipinski definition) is 6. The van der Waals surface area contributed by atoms with E-state index in [1.807, 2.05) is 0 Å². The van der Waals surface area contributed by atoms with Gasteiger partial charge < -0.3 is 30.9 Å². The summed E-state index contributed by atoms with van der Waals surface area (Å²) in [5.74, 6) is -2.21. The summed E-state index contributed by atoms with van der Waals surface area (Å²) < 4.78 is 14.6. The molecule has 0 aromatic carbocycles. The number of phosphoric ester groups is 1. The topological polar surface area (TPSA) is 188 Å². The summed E-state index contributed by atoms with van der Waals surface area (Å²) in [4.78, 5) is 46.1. The fourth-order valence-corrected chi connectivity index (χ4v) is 1.70. The number of aliphatic carboxylic acids is 1. The highest BCUT2D eigenvalue weighted by Gasteiger charge is 2.26. The average Bonchev–Trinajstić information content (AvgIpc) is 2.86. The van der Waals surface area contributed by atoms with Gasteiger partial charge in [0.1, 0.15) is 12.1 Å². The van der Waals surface area contributed by atoms with Crippen LogP contribution in [-0.4, -0.2) is 55.4 Å². The number of nitrogens with two attached hydrogens (primary N) is 1. The Balaban J connectivity index is 2.56. The van der Waals surface area contributed by atoms with Crippen molar-refractivity contribution >= 4 is 19.7 Å². The zero-order chi connectivity index (χ0) is 16.0. The first-order valence-electron chi connectivity index (χ1n) is 5.65. The Bertz CT molecular complexity index is 528. The molecule has 1 aromatic rings. The van der Waals surface area contributed by atoms with Crippen molar-refractivity contribution in [1.82, 2.24) is 15.3 Å². The van der Waals surface area contributed by atoms with Crippen LogP contribution in [-0.2, 0) is 25.1 Å². The van der Waals surface area contributed by atoms with E-state index in [1.54, 1.807) is 0 Å². The second-order valence-electron chi connectivity index (χ2n) is 4.06. The molecule has 1 heterocycles. The largest absolute Gasteiger partial charge is 0.480 e. The fraction of sp³-hybridized carbons (Fsp3) is 0.444. The van der Waals surface area contributed by atoms with E-state index in [2.05, 4.69) is 19.8 Å². The molecule has 1 rings (SSSR count). The van der Waals surface area contributed by atoms with Gasteiger partial charge in [-0.05, 0) is 0 Å². The molecule has 0 radical (unpaired) electrons. The van der Waals surface area contributed by atoms with Crippen LogP contribution in [0.5, 0.6) is 0 Å². The molecule has 0 aliphatic carbocycles. The number of imidazole rings is 1. The Morgan fingerprint density at radius 3 is 2.67 bits per heavy atom. The van der Waals surface area contributed by atoms with Gasteiger partial charge in [0, 0.05) is 12.6 Å². The third-order valence-electron chi connectivity index (χ3n) is 2.34. The third kappa shape index (κ3) is 6.47. The highest BCUT2D eigenvalue weighted by Crippen LogP contribution is 2.35. The van der Waals surface area contributed by atoms with Crippen molar-refractivity contribution in [3.8, 4) is 0 Å². The SMILES string of the molecule is NC(COP(=O)(O)O)C(=O)NC(Cc1c[nH]cn1)C(=O)O. The predicted octanol–water partition coefficient (Wildman–Crippen LogP) is -2.04. The second kappa shape index (κ2) is 7.29. The van der Waals surface area contributed by atoms with Crippen molar-refractivity contribution in [2.45, 2.75) is 18.5 Å². The lowest BCUT2D eigenvalue weighted by Crippen LogP contribution is -2.50. The number of aromatic nitrogens is 2. The molecule has 0 aliphatic rings. The Morgan fingerprint density at radius 1 is 1.52 bits per heavy atom. The highest BCUT2D eigenvalue weighted by molar-refractivity contribution is 7.46. The maximum Gasteiger partial charge on any atom is 0.469 e. The van der Waals surface area contributed by atoms with Gasteiger partial charge in [0.2, 0.25) is 5.91 Å². The number of carbonyl (C=O) groups is 2. The molecule has 0 bridgehead atoms. The zero-order valence-electron chi connectivity index (χ0n) is 10.7. The molecule has 0 spiro atoms. The molecule has 12 heteroatoms. The van der Waals surface area contributed by atoms with Gasteiger partial charge in [-0.2, -0.15) is 0 Å². The first-order chi connectivity index (χ1) is 9.69. The number of phosphoric acid groups is 1. The lowest BCUT2D eigenvalue weighted by molar-refractivity contribution is -0.142. The van der Waals surface area contributed by atoms with E-state index in [0.29, 0.717) is 5.69 Å². The van der Waals surface area contributed by atoms with Gasteiger partial charge in [-0.3, -0.25) is 9.32 Å². The van der Waals surface area contributed by atoms with Crippen LogP contribution >= 0.6 is 7.82 Å². The first kappa shape index (κ1) is 17.3. The van der Waals surface area contributed by atoms with E-state index in [4.69, 9.17) is 20.6 Å². The van der Waals surface area contributed by atoms with E-state index >= 15 is 0 Å². The summed E-state index contributed by atoms with van der Waals surface area (Å²) >= 11 is 0. The summed E-state index contributed by atoms with van der Waals surface area (Å²) in [6.45, 7) is -0.745. The van der Waals surface area contributed by atoms with Gasteiger partial charge in [-0.25, -0.2) is 14.3 Å². The van der Waals surface area contributed by atoms with Gasteiger partial charge in [0.15, 0.2) is 0 Å². The Hall–Kier alpha value is -1.78. The Kier molecular flexibility index (Phi) is 6.00. The number of rotatable bonds is 8. The van der Waals surface area contributed by atoms with Crippen LogP contribution in [0.2, 0.25) is 0 Å². The van der Waals surface area contributed by atoms with Crippen molar-refractivity contribution in [3.63, 3.8) is 0 Å². The summed E-state index contributed by atoms with van der Waals surface area (Å²) in [5.41, 5.74) is 5.77. The predicted molar refractivity (Wildman–Crippen MR) is 67.8 cm³/mol. The van der Waals surface area contributed by atoms with Crippen molar-refractivity contribution in [2.24, 2.45) is 5.73 Å². The Labute approximate surface area is 118 Å². The highest BCUT2D eigenvalue weighted by atomic mass is 31.2. The maximum absolute atomic E-state index is 11.6. The normalized spacial score (nSPS) is 14.4. The minimum atomic E-state index is -4.75. The number of carboxylic acids is 1. The third-order valence-corrected chi connectivity index (χ3v) is 2.83. The quantitative estimate of drug-likeness (QED) is 0.293. The lowest BCUT2D eigenvalue weighted by atomic mass is 10.1. The van der Waals surface area contributed by atoms with E-state index in [-0.39, 0.29) is 6.42 Å². The number of amides is 1. The van der Waals surface area contributed by atoms with Crippen LogP contribution in [0.4, 0.5) is 0 Å². The van der Waals surface area contributed by atoms with Crippen molar-refractivity contribution in [2.75, 3.05) is 6.61 Å². The van der Waals surface area contributed by atoms with Crippen LogP contribution in [0.25, 0.3) is 0 Å².